The summed E-state index contributed by atoms with van der Waals surface area (Å²) < 4.78 is 0. The number of nitrogens with two attached hydrogens (primary N) is 1. The largest absolute Gasteiger partial charge is 0.356 e. The number of nitrogens with one attached hydrogen (secondary N) is 1. The predicted molar refractivity (Wildman–Crippen MR) is 74.5 cm³/mol. The zero-order valence-electron chi connectivity index (χ0n) is 10.9. The van der Waals surface area contributed by atoms with Gasteiger partial charge in [0.15, 0.2) is 0 Å². The Morgan fingerprint density at radius 3 is 2.44 bits per heavy atom. The number of halogens is 1. The van der Waals surface area contributed by atoms with E-state index < -0.39 is 0 Å². The maximum atomic E-state index is 12.0. The molecule has 0 saturated heterocycles. The van der Waals surface area contributed by atoms with Crippen molar-refractivity contribution in [3.05, 3.63) is 0 Å². The van der Waals surface area contributed by atoms with Crippen LogP contribution >= 0.6 is 12.4 Å². The van der Waals surface area contributed by atoms with Gasteiger partial charge in [-0.1, -0.05) is 12.8 Å². The van der Waals surface area contributed by atoms with E-state index in [9.17, 15) is 4.79 Å². The van der Waals surface area contributed by atoms with Crippen molar-refractivity contribution < 1.29 is 4.79 Å². The van der Waals surface area contributed by atoms with Crippen molar-refractivity contribution in [2.75, 3.05) is 6.54 Å². The van der Waals surface area contributed by atoms with Crippen molar-refractivity contribution in [2.45, 2.75) is 51.0 Å². The highest BCUT2D eigenvalue weighted by Crippen LogP contribution is 2.57. The quantitative estimate of drug-likeness (QED) is 0.827. The highest BCUT2D eigenvalue weighted by molar-refractivity contribution is 5.85. The summed E-state index contributed by atoms with van der Waals surface area (Å²) in [4.78, 5) is 12.0. The fourth-order valence-electron chi connectivity index (χ4n) is 4.09. The molecule has 3 nitrogen and oxygen atoms in total. The van der Waals surface area contributed by atoms with Crippen molar-refractivity contribution in [3.63, 3.8) is 0 Å². The SMILES string of the molecule is Cl.NC1CCCC(CNC(=O)C2C3CCCC32)C1. The van der Waals surface area contributed by atoms with Gasteiger partial charge in [-0.05, 0) is 49.9 Å². The molecule has 0 heterocycles. The highest BCUT2D eigenvalue weighted by atomic mass is 35.5. The molecule has 3 N–H and O–H groups in total. The number of hydrogen-bond donors (Lipinski definition) is 2. The van der Waals surface area contributed by atoms with Gasteiger partial charge in [-0.15, -0.1) is 12.4 Å². The fraction of sp³-hybridized carbons (Fsp3) is 0.929. The Bertz CT molecular complexity index is 300. The lowest BCUT2D eigenvalue weighted by molar-refractivity contribution is -0.123. The van der Waals surface area contributed by atoms with E-state index in [0.29, 0.717) is 23.8 Å². The molecule has 0 spiro atoms. The van der Waals surface area contributed by atoms with Gasteiger partial charge in [0.25, 0.3) is 0 Å². The van der Waals surface area contributed by atoms with Crippen LogP contribution in [0.1, 0.15) is 44.9 Å². The number of hydrogen-bond acceptors (Lipinski definition) is 2. The Labute approximate surface area is 116 Å². The summed E-state index contributed by atoms with van der Waals surface area (Å²) in [6.07, 6.45) is 8.65. The number of carbonyl (C=O) groups excluding carboxylic acids is 1. The summed E-state index contributed by atoms with van der Waals surface area (Å²) in [5.41, 5.74) is 5.97. The normalized spacial score (nSPS) is 41.7. The van der Waals surface area contributed by atoms with Crippen molar-refractivity contribution in [1.82, 2.24) is 5.32 Å². The molecule has 0 aromatic carbocycles. The van der Waals surface area contributed by atoms with Crippen LogP contribution in [0, 0.1) is 23.7 Å². The van der Waals surface area contributed by atoms with Crippen molar-refractivity contribution in [2.24, 2.45) is 29.4 Å². The maximum Gasteiger partial charge on any atom is 0.223 e. The van der Waals surface area contributed by atoms with Crippen LogP contribution in [0.5, 0.6) is 0 Å². The molecule has 4 unspecified atom stereocenters. The number of rotatable bonds is 3. The van der Waals surface area contributed by atoms with E-state index in [2.05, 4.69) is 5.32 Å². The predicted octanol–water partition coefficient (Wildman–Crippen LogP) is 2.09. The summed E-state index contributed by atoms with van der Waals surface area (Å²) in [6, 6.07) is 0.367. The molecule has 0 aromatic rings. The van der Waals surface area contributed by atoms with Crippen LogP contribution in [0.3, 0.4) is 0 Å². The Hall–Kier alpha value is -0.280. The van der Waals surface area contributed by atoms with Gasteiger partial charge in [0, 0.05) is 18.5 Å². The second-order valence-electron chi connectivity index (χ2n) is 6.32. The Morgan fingerprint density at radius 2 is 1.78 bits per heavy atom. The number of amides is 1. The van der Waals surface area contributed by atoms with E-state index in [-0.39, 0.29) is 12.4 Å². The van der Waals surface area contributed by atoms with Crippen LogP contribution in [-0.2, 0) is 4.79 Å². The van der Waals surface area contributed by atoms with Gasteiger partial charge in [0.2, 0.25) is 5.91 Å². The van der Waals surface area contributed by atoms with Gasteiger partial charge in [0.1, 0.15) is 0 Å². The van der Waals surface area contributed by atoms with Crippen molar-refractivity contribution in [1.29, 1.82) is 0 Å². The third-order valence-corrected chi connectivity index (χ3v) is 5.10. The first-order valence-corrected chi connectivity index (χ1v) is 7.29. The van der Waals surface area contributed by atoms with Gasteiger partial charge in [-0.25, -0.2) is 0 Å². The van der Waals surface area contributed by atoms with Crippen LogP contribution < -0.4 is 11.1 Å². The topological polar surface area (TPSA) is 55.1 Å². The lowest BCUT2D eigenvalue weighted by atomic mass is 9.86. The molecule has 0 bridgehead atoms. The number of carbonyl (C=O) groups is 1. The second-order valence-corrected chi connectivity index (χ2v) is 6.32. The van der Waals surface area contributed by atoms with Crippen LogP contribution in [-0.4, -0.2) is 18.5 Å². The molecule has 3 aliphatic carbocycles. The van der Waals surface area contributed by atoms with E-state index in [1.807, 2.05) is 0 Å². The molecule has 4 atom stereocenters. The average Bonchev–Trinajstić information content (AvgIpc) is 2.80. The molecule has 3 saturated carbocycles. The van der Waals surface area contributed by atoms with Gasteiger partial charge in [-0.3, -0.25) is 4.79 Å². The molecule has 3 aliphatic rings. The third kappa shape index (κ3) is 2.83. The molecule has 3 fully saturated rings. The van der Waals surface area contributed by atoms with E-state index in [4.69, 9.17) is 5.73 Å². The summed E-state index contributed by atoms with van der Waals surface area (Å²) in [7, 11) is 0. The van der Waals surface area contributed by atoms with Crippen molar-refractivity contribution >= 4 is 18.3 Å². The highest BCUT2D eigenvalue weighted by Gasteiger charge is 2.56. The monoisotopic (exact) mass is 272 g/mol. The first-order chi connectivity index (χ1) is 8.25. The average molecular weight is 273 g/mol. The summed E-state index contributed by atoms with van der Waals surface area (Å²) in [5, 5.41) is 3.17. The van der Waals surface area contributed by atoms with Crippen LogP contribution in [0.25, 0.3) is 0 Å². The molecule has 4 heteroatoms. The maximum absolute atomic E-state index is 12.0. The Morgan fingerprint density at radius 1 is 1.11 bits per heavy atom. The lowest BCUT2D eigenvalue weighted by Gasteiger charge is -2.26. The Kier molecular flexibility index (Phi) is 4.54. The minimum absolute atomic E-state index is 0. The number of fused-ring (bicyclic) bond motifs is 1. The molecule has 1 amide bonds. The molecule has 3 rings (SSSR count). The van der Waals surface area contributed by atoms with E-state index in [0.717, 1.165) is 31.2 Å². The van der Waals surface area contributed by atoms with Crippen molar-refractivity contribution in [3.8, 4) is 0 Å². The van der Waals surface area contributed by atoms with E-state index >= 15 is 0 Å². The summed E-state index contributed by atoms with van der Waals surface area (Å²) in [6.45, 7) is 0.864. The second kappa shape index (κ2) is 5.79. The first-order valence-electron chi connectivity index (χ1n) is 7.29. The summed E-state index contributed by atoms with van der Waals surface area (Å²) >= 11 is 0. The zero-order chi connectivity index (χ0) is 11.8. The minimum atomic E-state index is 0. The van der Waals surface area contributed by atoms with Crippen LogP contribution in [0.2, 0.25) is 0 Å². The lowest BCUT2D eigenvalue weighted by Crippen LogP contribution is -2.36. The summed E-state index contributed by atoms with van der Waals surface area (Å²) in [5.74, 6) is 2.81. The molecule has 0 radical (unpaired) electrons. The first kappa shape index (κ1) is 14.1. The molecule has 0 aliphatic heterocycles. The zero-order valence-corrected chi connectivity index (χ0v) is 11.8. The smallest absolute Gasteiger partial charge is 0.223 e. The molecule has 18 heavy (non-hydrogen) atoms. The molecule has 0 aromatic heterocycles. The Balaban J connectivity index is 0.00000120. The molecular formula is C14H25ClN2O. The van der Waals surface area contributed by atoms with Crippen LogP contribution in [0.15, 0.2) is 0 Å². The minimum Gasteiger partial charge on any atom is -0.356 e. The van der Waals surface area contributed by atoms with Crippen LogP contribution in [0.4, 0.5) is 0 Å². The molecule has 104 valence electrons. The third-order valence-electron chi connectivity index (χ3n) is 5.10. The van der Waals surface area contributed by atoms with Gasteiger partial charge in [0.05, 0.1) is 0 Å². The van der Waals surface area contributed by atoms with Gasteiger partial charge >= 0.3 is 0 Å². The van der Waals surface area contributed by atoms with Gasteiger partial charge < -0.3 is 11.1 Å². The van der Waals surface area contributed by atoms with Gasteiger partial charge in [-0.2, -0.15) is 0 Å². The fourth-order valence-corrected chi connectivity index (χ4v) is 4.09. The van der Waals surface area contributed by atoms with E-state index in [1.54, 1.807) is 0 Å². The standard InChI is InChI=1S/C14H24N2O.ClH/c15-10-4-1-3-9(7-10)8-16-14(17)13-11-5-2-6-12(11)13;/h9-13H,1-8,15H2,(H,16,17);1H. The van der Waals surface area contributed by atoms with E-state index in [1.165, 1.54) is 32.1 Å². The molecular weight excluding hydrogens is 248 g/mol.